The van der Waals surface area contributed by atoms with Gasteiger partial charge in [-0.25, -0.2) is 4.98 Å². The Morgan fingerprint density at radius 2 is 2.25 bits per heavy atom. The van der Waals surface area contributed by atoms with Crippen LogP contribution in [0.2, 0.25) is 0 Å². The van der Waals surface area contributed by atoms with Crippen LogP contribution in [0, 0.1) is 6.92 Å². The first-order valence-electron chi connectivity index (χ1n) is 5.19. The third-order valence-corrected chi connectivity index (χ3v) is 2.19. The zero-order valence-corrected chi connectivity index (χ0v) is 9.56. The second-order valence-electron chi connectivity index (χ2n) is 4.03. The third-order valence-electron chi connectivity index (χ3n) is 2.19. The van der Waals surface area contributed by atoms with E-state index in [2.05, 4.69) is 15.4 Å². The van der Waals surface area contributed by atoms with Gasteiger partial charge in [-0.2, -0.15) is 9.61 Å². The monoisotopic (exact) mass is 218 g/mol. The Balaban J connectivity index is 2.64. The number of carbonyl (C=O) groups excluding carboxylic acids is 1. The summed E-state index contributed by atoms with van der Waals surface area (Å²) in [5.74, 6) is 0.852. The summed E-state index contributed by atoms with van der Waals surface area (Å²) in [5, 5.41) is 7.41. The van der Waals surface area contributed by atoms with Crippen LogP contribution in [-0.2, 0) is 0 Å². The van der Waals surface area contributed by atoms with Crippen molar-refractivity contribution >= 4 is 17.8 Å². The van der Waals surface area contributed by atoms with Crippen LogP contribution in [-0.4, -0.2) is 26.9 Å². The molecular weight excluding hydrogens is 204 g/mol. The number of nitrogens with one attached hydrogen (secondary N) is 1. The summed E-state index contributed by atoms with van der Waals surface area (Å²) in [6.45, 7) is 5.99. The Labute approximate surface area is 93.5 Å². The average Bonchev–Trinajstić information content (AvgIpc) is 2.59. The number of aldehydes is 1. The molecule has 16 heavy (non-hydrogen) atoms. The van der Waals surface area contributed by atoms with Gasteiger partial charge in [-0.05, 0) is 20.8 Å². The Kier molecular flexibility index (Phi) is 2.60. The first kappa shape index (κ1) is 10.6. The second-order valence-corrected chi connectivity index (χ2v) is 4.03. The molecule has 0 aromatic carbocycles. The largest absolute Gasteiger partial charge is 0.368 e. The fraction of sp³-hybridized carbons (Fsp3) is 0.364. The molecule has 0 unspecified atom stereocenters. The Morgan fingerprint density at radius 1 is 1.50 bits per heavy atom. The van der Waals surface area contributed by atoms with Crippen molar-refractivity contribution < 1.29 is 4.79 Å². The van der Waals surface area contributed by atoms with Crippen LogP contribution < -0.4 is 5.32 Å². The van der Waals surface area contributed by atoms with Gasteiger partial charge in [0.2, 0.25) is 0 Å². The highest BCUT2D eigenvalue weighted by atomic mass is 16.1. The minimum Gasteiger partial charge on any atom is -0.368 e. The summed E-state index contributed by atoms with van der Waals surface area (Å²) in [7, 11) is 0. The van der Waals surface area contributed by atoms with E-state index in [4.69, 9.17) is 0 Å². The van der Waals surface area contributed by atoms with Gasteiger partial charge < -0.3 is 5.32 Å². The van der Waals surface area contributed by atoms with Gasteiger partial charge in [0.1, 0.15) is 5.82 Å². The lowest BCUT2D eigenvalue weighted by Gasteiger charge is -2.11. The van der Waals surface area contributed by atoms with E-state index in [0.29, 0.717) is 17.3 Å². The van der Waals surface area contributed by atoms with Crippen LogP contribution >= 0.6 is 0 Å². The molecule has 0 atom stereocenters. The van der Waals surface area contributed by atoms with Gasteiger partial charge in [0, 0.05) is 17.8 Å². The summed E-state index contributed by atoms with van der Waals surface area (Å²) >= 11 is 0. The molecule has 0 aliphatic rings. The zero-order valence-electron chi connectivity index (χ0n) is 9.56. The normalized spacial score (nSPS) is 11.0. The maximum absolute atomic E-state index is 10.8. The number of fused-ring (bicyclic) bond motifs is 1. The molecule has 84 valence electrons. The first-order chi connectivity index (χ1) is 7.61. The van der Waals surface area contributed by atoms with Gasteiger partial charge >= 0.3 is 0 Å². The average molecular weight is 218 g/mol. The van der Waals surface area contributed by atoms with E-state index in [9.17, 15) is 4.79 Å². The lowest BCUT2D eigenvalue weighted by Crippen LogP contribution is -2.14. The minimum absolute atomic E-state index is 0.300. The lowest BCUT2D eigenvalue weighted by atomic mass is 10.3. The molecule has 0 bridgehead atoms. The summed E-state index contributed by atoms with van der Waals surface area (Å²) in [5.41, 5.74) is 1.97. The molecule has 5 heteroatoms. The molecule has 5 nitrogen and oxygen atoms in total. The number of hydrogen-bond acceptors (Lipinski definition) is 4. The van der Waals surface area contributed by atoms with Gasteiger partial charge in [-0.1, -0.05) is 0 Å². The third kappa shape index (κ3) is 1.76. The molecule has 0 radical (unpaired) electrons. The maximum atomic E-state index is 10.8. The van der Waals surface area contributed by atoms with Gasteiger partial charge in [-0.15, -0.1) is 0 Å². The molecule has 0 spiro atoms. The molecule has 0 aliphatic heterocycles. The fourth-order valence-electron chi connectivity index (χ4n) is 1.58. The van der Waals surface area contributed by atoms with Gasteiger partial charge in [0.15, 0.2) is 11.9 Å². The molecule has 2 aromatic heterocycles. The van der Waals surface area contributed by atoms with Crippen LogP contribution in [0.5, 0.6) is 0 Å². The molecule has 2 rings (SSSR count). The van der Waals surface area contributed by atoms with Crippen molar-refractivity contribution in [3.63, 3.8) is 0 Å². The summed E-state index contributed by atoms with van der Waals surface area (Å²) in [6, 6.07) is 2.21. The molecule has 2 heterocycles. The molecule has 1 N–H and O–H groups in total. The van der Waals surface area contributed by atoms with Gasteiger partial charge in [-0.3, -0.25) is 4.79 Å². The van der Waals surface area contributed by atoms with Crippen molar-refractivity contribution in [1.29, 1.82) is 0 Å². The summed E-state index contributed by atoms with van der Waals surface area (Å²) in [6.07, 6.45) is 2.30. The van der Waals surface area contributed by atoms with E-state index in [1.165, 1.54) is 6.20 Å². The quantitative estimate of drug-likeness (QED) is 0.796. The summed E-state index contributed by atoms with van der Waals surface area (Å²) in [4.78, 5) is 15.1. The van der Waals surface area contributed by atoms with Gasteiger partial charge in [0.25, 0.3) is 0 Å². The number of nitrogens with zero attached hydrogens (tertiary/aromatic N) is 3. The highest BCUT2D eigenvalue weighted by Gasteiger charge is 2.09. The van der Waals surface area contributed by atoms with Crippen molar-refractivity contribution in [3.8, 4) is 0 Å². The fourth-order valence-corrected chi connectivity index (χ4v) is 1.58. The van der Waals surface area contributed by atoms with Crippen LogP contribution in [0.25, 0.3) is 5.65 Å². The number of aromatic nitrogens is 3. The van der Waals surface area contributed by atoms with Crippen molar-refractivity contribution in [2.75, 3.05) is 5.32 Å². The SMILES string of the molecule is Cc1cc(NC(C)C)n2ncc(C=O)c2n1. The molecular formula is C11H14N4O. The van der Waals surface area contributed by atoms with E-state index in [-0.39, 0.29) is 0 Å². The first-order valence-corrected chi connectivity index (χ1v) is 5.19. The molecule has 0 amide bonds. The summed E-state index contributed by atoms with van der Waals surface area (Å²) < 4.78 is 1.65. The number of carbonyl (C=O) groups is 1. The van der Waals surface area contributed by atoms with Crippen LogP contribution in [0.15, 0.2) is 12.3 Å². The predicted molar refractivity (Wildman–Crippen MR) is 61.9 cm³/mol. The maximum Gasteiger partial charge on any atom is 0.168 e. The Bertz CT molecular complexity index is 530. The number of hydrogen-bond donors (Lipinski definition) is 1. The Morgan fingerprint density at radius 3 is 2.88 bits per heavy atom. The van der Waals surface area contributed by atoms with Crippen molar-refractivity contribution in [2.45, 2.75) is 26.8 Å². The lowest BCUT2D eigenvalue weighted by molar-refractivity contribution is 0.112. The van der Waals surface area contributed by atoms with E-state index in [0.717, 1.165) is 17.8 Å². The van der Waals surface area contributed by atoms with Crippen LogP contribution in [0.1, 0.15) is 29.9 Å². The predicted octanol–water partition coefficient (Wildman–Crippen LogP) is 1.67. The van der Waals surface area contributed by atoms with Gasteiger partial charge in [0.05, 0.1) is 11.8 Å². The second kappa shape index (κ2) is 3.92. The molecule has 0 fully saturated rings. The zero-order chi connectivity index (χ0) is 11.7. The Hall–Kier alpha value is -1.91. The minimum atomic E-state index is 0.300. The van der Waals surface area contributed by atoms with E-state index in [1.54, 1.807) is 4.52 Å². The van der Waals surface area contributed by atoms with E-state index < -0.39 is 0 Å². The highest BCUT2D eigenvalue weighted by Crippen LogP contribution is 2.15. The van der Waals surface area contributed by atoms with Crippen molar-refractivity contribution in [2.24, 2.45) is 0 Å². The highest BCUT2D eigenvalue weighted by molar-refractivity contribution is 5.84. The van der Waals surface area contributed by atoms with Crippen molar-refractivity contribution in [1.82, 2.24) is 14.6 Å². The smallest absolute Gasteiger partial charge is 0.168 e. The molecule has 0 saturated heterocycles. The molecule has 0 aliphatic carbocycles. The number of aryl methyl sites for hydroxylation is 1. The number of rotatable bonds is 3. The van der Waals surface area contributed by atoms with E-state index in [1.807, 2.05) is 26.8 Å². The van der Waals surface area contributed by atoms with Crippen LogP contribution in [0.3, 0.4) is 0 Å². The van der Waals surface area contributed by atoms with Crippen LogP contribution in [0.4, 0.5) is 5.82 Å². The molecule has 0 saturated carbocycles. The number of anilines is 1. The van der Waals surface area contributed by atoms with E-state index >= 15 is 0 Å². The van der Waals surface area contributed by atoms with Crippen molar-refractivity contribution in [3.05, 3.63) is 23.5 Å². The molecule has 2 aromatic rings. The standard InChI is InChI=1S/C11H14N4O/c1-7(2)13-10-4-8(3)14-11-9(6-16)5-12-15(10)11/h4-7,13H,1-3H3. The topological polar surface area (TPSA) is 59.3 Å².